The van der Waals surface area contributed by atoms with Crippen LogP contribution in [0.15, 0.2) is 42.5 Å². The maximum atomic E-state index is 14.5. The number of amides is 2. The highest BCUT2D eigenvalue weighted by molar-refractivity contribution is 5.98. The van der Waals surface area contributed by atoms with Crippen LogP contribution in [0.1, 0.15) is 43.1 Å². The number of fused-ring (bicyclic) bond motifs is 1. The summed E-state index contributed by atoms with van der Waals surface area (Å²) in [5.74, 6) is -0.0670. The number of nitrogens with zero attached hydrogens (tertiary/aromatic N) is 2. The van der Waals surface area contributed by atoms with Crippen molar-refractivity contribution in [2.45, 2.75) is 45.9 Å². The average molecular weight is 486 g/mol. The van der Waals surface area contributed by atoms with E-state index in [1.54, 1.807) is 56.3 Å². The van der Waals surface area contributed by atoms with E-state index in [2.05, 4.69) is 17.1 Å². The zero-order chi connectivity index (χ0) is 25.5. The molecule has 1 aliphatic rings. The molecule has 190 valence electrons. The molecule has 8 heteroatoms. The molecule has 7 nitrogen and oxygen atoms in total. The van der Waals surface area contributed by atoms with Crippen LogP contribution in [0.2, 0.25) is 0 Å². The van der Waals surface area contributed by atoms with Crippen LogP contribution in [-0.2, 0) is 16.1 Å². The molecule has 0 aliphatic carbocycles. The molecular formula is C27H36FN3O4. The number of anilines is 1. The van der Waals surface area contributed by atoms with Crippen LogP contribution in [-0.4, -0.2) is 67.6 Å². The Kier molecular flexibility index (Phi) is 9.23. The number of hydrogen-bond acceptors (Lipinski definition) is 5. The Morgan fingerprint density at radius 1 is 1.20 bits per heavy atom. The van der Waals surface area contributed by atoms with Gasteiger partial charge in [0.2, 0.25) is 5.91 Å². The van der Waals surface area contributed by atoms with Crippen molar-refractivity contribution in [3.63, 3.8) is 0 Å². The summed E-state index contributed by atoms with van der Waals surface area (Å²) in [6, 6.07) is 11.8. The summed E-state index contributed by atoms with van der Waals surface area (Å²) in [7, 11) is 3.39. The fraction of sp³-hybridized carbons (Fsp3) is 0.481. The van der Waals surface area contributed by atoms with E-state index in [9.17, 15) is 14.0 Å². The summed E-state index contributed by atoms with van der Waals surface area (Å²) in [4.78, 5) is 29.0. The van der Waals surface area contributed by atoms with Crippen LogP contribution < -0.4 is 10.1 Å². The van der Waals surface area contributed by atoms with Gasteiger partial charge in [-0.3, -0.25) is 14.5 Å². The van der Waals surface area contributed by atoms with Gasteiger partial charge in [-0.2, -0.15) is 0 Å². The first-order chi connectivity index (χ1) is 16.7. The minimum atomic E-state index is -0.241. The zero-order valence-corrected chi connectivity index (χ0v) is 21.2. The molecule has 0 aromatic heterocycles. The summed E-state index contributed by atoms with van der Waals surface area (Å²) >= 11 is 0. The molecule has 3 rings (SSSR count). The highest BCUT2D eigenvalue weighted by Crippen LogP contribution is 2.27. The van der Waals surface area contributed by atoms with E-state index in [0.29, 0.717) is 48.6 Å². The number of carbonyl (C=O) groups is 2. The predicted molar refractivity (Wildman–Crippen MR) is 134 cm³/mol. The van der Waals surface area contributed by atoms with E-state index in [1.165, 1.54) is 6.07 Å². The Hall–Kier alpha value is -2.97. The van der Waals surface area contributed by atoms with E-state index in [0.717, 1.165) is 0 Å². The molecule has 1 aliphatic heterocycles. The molecule has 0 radical (unpaired) electrons. The summed E-state index contributed by atoms with van der Waals surface area (Å²) in [5, 5.41) is 2.82. The lowest BCUT2D eigenvalue weighted by atomic mass is 10.0. The van der Waals surface area contributed by atoms with Crippen LogP contribution >= 0.6 is 0 Å². The Bertz CT molecular complexity index is 1030. The molecule has 0 spiro atoms. The second-order valence-electron chi connectivity index (χ2n) is 9.23. The number of rotatable bonds is 5. The number of nitrogens with one attached hydrogen (secondary N) is 1. The lowest BCUT2D eigenvalue weighted by Gasteiger charge is -2.36. The molecule has 0 bridgehead atoms. The second-order valence-corrected chi connectivity index (χ2v) is 9.23. The molecule has 0 saturated heterocycles. The van der Waals surface area contributed by atoms with Gasteiger partial charge < -0.3 is 19.7 Å². The predicted octanol–water partition coefficient (Wildman–Crippen LogP) is 4.18. The van der Waals surface area contributed by atoms with Gasteiger partial charge in [0.1, 0.15) is 18.2 Å². The minimum Gasteiger partial charge on any atom is -0.491 e. The van der Waals surface area contributed by atoms with Crippen molar-refractivity contribution in [2.75, 3.05) is 39.2 Å². The zero-order valence-electron chi connectivity index (χ0n) is 21.2. The van der Waals surface area contributed by atoms with Crippen molar-refractivity contribution in [1.29, 1.82) is 0 Å². The largest absolute Gasteiger partial charge is 0.491 e. The van der Waals surface area contributed by atoms with Crippen LogP contribution in [0, 0.1) is 11.7 Å². The van der Waals surface area contributed by atoms with Gasteiger partial charge in [-0.15, -0.1) is 0 Å². The van der Waals surface area contributed by atoms with Gasteiger partial charge in [0.05, 0.1) is 11.7 Å². The summed E-state index contributed by atoms with van der Waals surface area (Å²) in [6.45, 7) is 7.62. The number of carbonyl (C=O) groups excluding carboxylic acids is 2. The fourth-order valence-corrected chi connectivity index (χ4v) is 4.24. The summed E-state index contributed by atoms with van der Waals surface area (Å²) in [5.41, 5.74) is 1.60. The molecular weight excluding hydrogens is 449 g/mol. The number of benzene rings is 2. The maximum absolute atomic E-state index is 14.5. The van der Waals surface area contributed by atoms with E-state index < -0.39 is 0 Å². The monoisotopic (exact) mass is 485 g/mol. The normalized spacial score (nSPS) is 21.9. The third-order valence-electron chi connectivity index (χ3n) is 6.51. The van der Waals surface area contributed by atoms with Crippen LogP contribution in [0.25, 0.3) is 0 Å². The van der Waals surface area contributed by atoms with Crippen LogP contribution in [0.5, 0.6) is 5.75 Å². The number of hydrogen-bond donors (Lipinski definition) is 1. The van der Waals surface area contributed by atoms with Crippen LogP contribution in [0.3, 0.4) is 0 Å². The van der Waals surface area contributed by atoms with Crippen molar-refractivity contribution in [3.05, 3.63) is 59.4 Å². The molecule has 1 heterocycles. The Morgan fingerprint density at radius 2 is 1.94 bits per heavy atom. The van der Waals surface area contributed by atoms with Gasteiger partial charge in [0, 0.05) is 63.6 Å². The first-order valence-corrected chi connectivity index (χ1v) is 12.1. The number of likely N-dealkylation sites (N-methyl/N-ethyl adjacent to an activating group) is 1. The average Bonchev–Trinajstić information content (AvgIpc) is 2.85. The van der Waals surface area contributed by atoms with Gasteiger partial charge in [-0.05, 0) is 31.0 Å². The van der Waals surface area contributed by atoms with Gasteiger partial charge in [0.25, 0.3) is 5.91 Å². The summed E-state index contributed by atoms with van der Waals surface area (Å²) in [6.07, 6.45) is 0.143. The molecule has 1 N–H and O–H groups in total. The number of halogens is 1. The van der Waals surface area contributed by atoms with Crippen molar-refractivity contribution >= 4 is 17.5 Å². The van der Waals surface area contributed by atoms with Crippen molar-refractivity contribution < 1.29 is 23.5 Å². The van der Waals surface area contributed by atoms with E-state index in [1.807, 2.05) is 13.0 Å². The molecule has 3 atom stereocenters. The molecule has 2 amide bonds. The highest BCUT2D eigenvalue weighted by Gasteiger charge is 2.28. The Balaban J connectivity index is 1.95. The maximum Gasteiger partial charge on any atom is 0.257 e. The first-order valence-electron chi connectivity index (χ1n) is 12.1. The molecule has 0 unspecified atom stereocenters. The van der Waals surface area contributed by atoms with Gasteiger partial charge in [-0.1, -0.05) is 32.0 Å². The first kappa shape index (κ1) is 26.6. The SMILES string of the molecule is CCC(=O)Nc1ccc2c(c1)OC[C@H](C)N(Cc1ccccc1F)C[C@@H](C)[C@@H](OC)CN(C)C2=O. The third-order valence-corrected chi connectivity index (χ3v) is 6.51. The molecule has 2 aromatic carbocycles. The van der Waals surface area contributed by atoms with Crippen molar-refractivity contribution in [1.82, 2.24) is 9.80 Å². The van der Waals surface area contributed by atoms with Crippen molar-refractivity contribution in [2.24, 2.45) is 5.92 Å². The smallest absolute Gasteiger partial charge is 0.257 e. The Morgan fingerprint density at radius 3 is 2.63 bits per heavy atom. The van der Waals surface area contributed by atoms with Crippen molar-refractivity contribution in [3.8, 4) is 5.75 Å². The molecule has 2 aromatic rings. The molecule has 0 saturated carbocycles. The molecule has 35 heavy (non-hydrogen) atoms. The molecule has 0 fully saturated rings. The fourth-order valence-electron chi connectivity index (χ4n) is 4.24. The van der Waals surface area contributed by atoms with E-state index >= 15 is 0 Å². The summed E-state index contributed by atoms with van der Waals surface area (Å²) < 4.78 is 26.4. The highest BCUT2D eigenvalue weighted by atomic mass is 19.1. The second kappa shape index (κ2) is 12.1. The third kappa shape index (κ3) is 6.80. The van der Waals surface area contributed by atoms with E-state index in [-0.39, 0.29) is 42.3 Å². The van der Waals surface area contributed by atoms with Gasteiger partial charge >= 0.3 is 0 Å². The van der Waals surface area contributed by atoms with Crippen LogP contribution in [0.4, 0.5) is 10.1 Å². The van der Waals surface area contributed by atoms with Gasteiger partial charge in [0.15, 0.2) is 0 Å². The lowest BCUT2D eigenvalue weighted by Crippen LogP contribution is -2.46. The van der Waals surface area contributed by atoms with E-state index in [4.69, 9.17) is 9.47 Å². The number of ether oxygens (including phenoxy) is 2. The standard InChI is InChI=1S/C27H36FN3O4/c1-6-26(32)29-21-11-12-22-24(13-21)35-17-19(3)31(15-20-9-7-8-10-23(20)28)14-18(2)25(34-5)16-30(4)27(22)33/h7-13,18-19,25H,6,14-17H2,1-5H3,(H,29,32)/t18-,19+,25+/m1/s1. The number of methoxy groups -OCH3 is 1. The lowest BCUT2D eigenvalue weighted by molar-refractivity contribution is -0.115. The Labute approximate surface area is 207 Å². The van der Waals surface area contributed by atoms with Gasteiger partial charge in [-0.25, -0.2) is 4.39 Å². The quantitative estimate of drug-likeness (QED) is 0.688. The minimum absolute atomic E-state index is 0.0787. The topological polar surface area (TPSA) is 71.1 Å².